The average Bonchev–Trinajstić information content (AvgIpc) is 2.42. The van der Waals surface area contributed by atoms with Gasteiger partial charge in [-0.05, 0) is 19.1 Å². The van der Waals surface area contributed by atoms with Crippen LogP contribution in [-0.4, -0.2) is 69.4 Å². The van der Waals surface area contributed by atoms with E-state index in [2.05, 4.69) is 4.98 Å². The summed E-state index contributed by atoms with van der Waals surface area (Å²) in [5.74, 6) is -0.289. The van der Waals surface area contributed by atoms with Crippen LogP contribution in [0, 0.1) is 0 Å². The van der Waals surface area contributed by atoms with Crippen molar-refractivity contribution in [1.82, 2.24) is 14.2 Å². The molecule has 0 aromatic carbocycles. The van der Waals surface area contributed by atoms with E-state index in [-0.39, 0.29) is 28.4 Å². The first kappa shape index (κ1) is 16.8. The smallest absolute Gasteiger partial charge is 0.245 e. The predicted octanol–water partition coefficient (Wildman–Crippen LogP) is -0.664. The first-order valence-corrected chi connectivity index (χ1v) is 9.78. The minimum atomic E-state index is -3.90. The highest BCUT2D eigenvalue weighted by molar-refractivity contribution is 7.90. The number of pyridine rings is 1. The molecule has 0 N–H and O–H groups in total. The number of hydrogen-bond acceptors (Lipinski definition) is 6. The quantitative estimate of drug-likeness (QED) is 0.718. The van der Waals surface area contributed by atoms with Crippen molar-refractivity contribution in [3.63, 3.8) is 0 Å². The molecule has 22 heavy (non-hydrogen) atoms. The fourth-order valence-corrected chi connectivity index (χ4v) is 4.27. The third-order valence-electron chi connectivity index (χ3n) is 3.44. The zero-order chi connectivity index (χ0) is 16.7. The van der Waals surface area contributed by atoms with E-state index in [1.54, 1.807) is 14.0 Å². The van der Waals surface area contributed by atoms with Crippen molar-refractivity contribution in [2.75, 3.05) is 26.4 Å². The lowest BCUT2D eigenvalue weighted by atomic mass is 10.2. The van der Waals surface area contributed by atoms with Crippen LogP contribution in [0.15, 0.2) is 28.3 Å². The standard InChI is InChI=1S/C12H17N3O5S2/c1-9-7-14(2)12(16)8-15(9)22(19,20)10-4-5-11(13-6-10)21(3,17)18/h4-6,9H,7-8H2,1-3H3. The Kier molecular flexibility index (Phi) is 4.28. The maximum Gasteiger partial charge on any atom is 0.245 e. The number of sulfonamides is 1. The molecule has 0 spiro atoms. The van der Waals surface area contributed by atoms with Gasteiger partial charge in [0.15, 0.2) is 14.9 Å². The number of carbonyl (C=O) groups excluding carboxylic acids is 1. The Balaban J connectivity index is 2.36. The largest absolute Gasteiger partial charge is 0.343 e. The molecule has 0 bridgehead atoms. The molecule has 1 aliphatic heterocycles. The molecule has 1 amide bonds. The molecule has 1 atom stereocenters. The van der Waals surface area contributed by atoms with Crippen LogP contribution in [0.4, 0.5) is 0 Å². The third kappa shape index (κ3) is 3.13. The molecule has 1 aliphatic rings. The number of likely N-dealkylation sites (N-methyl/N-ethyl adjacent to an activating group) is 1. The van der Waals surface area contributed by atoms with Crippen molar-refractivity contribution in [3.05, 3.63) is 18.3 Å². The minimum Gasteiger partial charge on any atom is -0.343 e. The summed E-state index contributed by atoms with van der Waals surface area (Å²) in [5.41, 5.74) is 0. The van der Waals surface area contributed by atoms with E-state index in [9.17, 15) is 21.6 Å². The van der Waals surface area contributed by atoms with Gasteiger partial charge in [0.2, 0.25) is 15.9 Å². The van der Waals surface area contributed by atoms with Crippen molar-refractivity contribution in [1.29, 1.82) is 0 Å². The number of piperazine rings is 1. The first-order valence-electron chi connectivity index (χ1n) is 6.45. The molecule has 122 valence electrons. The van der Waals surface area contributed by atoms with E-state index in [0.717, 1.165) is 22.8 Å². The Hall–Kier alpha value is -1.52. The Morgan fingerprint density at radius 3 is 2.36 bits per heavy atom. The molecule has 0 aliphatic carbocycles. The first-order chi connectivity index (χ1) is 10.0. The van der Waals surface area contributed by atoms with Gasteiger partial charge < -0.3 is 4.90 Å². The summed E-state index contributed by atoms with van der Waals surface area (Å²) in [6.07, 6.45) is 1.99. The molecule has 2 heterocycles. The zero-order valence-electron chi connectivity index (χ0n) is 12.4. The van der Waals surface area contributed by atoms with E-state index < -0.39 is 19.9 Å². The number of hydrogen-bond donors (Lipinski definition) is 0. The number of amides is 1. The van der Waals surface area contributed by atoms with Gasteiger partial charge in [-0.2, -0.15) is 4.31 Å². The normalized spacial score (nSPS) is 21.1. The van der Waals surface area contributed by atoms with Crippen molar-refractivity contribution in [2.24, 2.45) is 0 Å². The Morgan fingerprint density at radius 1 is 1.23 bits per heavy atom. The van der Waals surface area contributed by atoms with Gasteiger partial charge in [0.1, 0.15) is 4.90 Å². The van der Waals surface area contributed by atoms with Crippen LogP contribution in [0.3, 0.4) is 0 Å². The fourth-order valence-electron chi connectivity index (χ4n) is 2.20. The third-order valence-corrected chi connectivity index (χ3v) is 6.39. The van der Waals surface area contributed by atoms with E-state index >= 15 is 0 Å². The van der Waals surface area contributed by atoms with E-state index in [1.165, 1.54) is 11.0 Å². The molecule has 8 nitrogen and oxygen atoms in total. The number of aromatic nitrogens is 1. The highest BCUT2D eigenvalue weighted by Crippen LogP contribution is 2.21. The van der Waals surface area contributed by atoms with Crippen LogP contribution in [0.5, 0.6) is 0 Å². The number of sulfone groups is 1. The number of nitrogens with zero attached hydrogens (tertiary/aromatic N) is 3. The molecule has 0 radical (unpaired) electrons. The van der Waals surface area contributed by atoms with Crippen LogP contribution >= 0.6 is 0 Å². The summed E-state index contributed by atoms with van der Waals surface area (Å²) in [4.78, 5) is 16.8. The zero-order valence-corrected chi connectivity index (χ0v) is 14.1. The van der Waals surface area contributed by atoms with Gasteiger partial charge in [-0.25, -0.2) is 21.8 Å². The van der Waals surface area contributed by atoms with Gasteiger partial charge in [0.05, 0.1) is 6.54 Å². The number of carbonyl (C=O) groups is 1. The Labute approximate surface area is 129 Å². The second-order valence-corrected chi connectivity index (χ2v) is 9.13. The minimum absolute atomic E-state index is 0.135. The van der Waals surface area contributed by atoms with E-state index in [4.69, 9.17) is 0 Å². The second kappa shape index (κ2) is 5.60. The summed E-state index contributed by atoms with van der Waals surface area (Å²) in [6, 6.07) is 1.96. The van der Waals surface area contributed by atoms with Crippen LogP contribution in [0.2, 0.25) is 0 Å². The molecule has 2 rings (SSSR count). The Bertz CT molecular complexity index is 787. The molecule has 1 saturated heterocycles. The van der Waals surface area contributed by atoms with E-state index in [0.29, 0.717) is 6.54 Å². The van der Waals surface area contributed by atoms with Gasteiger partial charge in [0, 0.05) is 32.1 Å². The monoisotopic (exact) mass is 347 g/mol. The van der Waals surface area contributed by atoms with Crippen LogP contribution in [0.1, 0.15) is 6.92 Å². The summed E-state index contributed by atoms with van der Waals surface area (Å²) >= 11 is 0. The van der Waals surface area contributed by atoms with Crippen LogP contribution in [-0.2, 0) is 24.7 Å². The molecule has 1 unspecified atom stereocenters. The molecule has 10 heteroatoms. The van der Waals surface area contributed by atoms with Gasteiger partial charge >= 0.3 is 0 Å². The van der Waals surface area contributed by atoms with Crippen molar-refractivity contribution >= 4 is 25.8 Å². The van der Waals surface area contributed by atoms with Crippen molar-refractivity contribution in [3.8, 4) is 0 Å². The summed E-state index contributed by atoms with van der Waals surface area (Å²) in [7, 11) is -5.78. The SMILES string of the molecule is CC1CN(C)C(=O)CN1S(=O)(=O)c1ccc(S(C)(=O)=O)nc1. The molecular weight excluding hydrogens is 330 g/mol. The Morgan fingerprint density at radius 2 is 1.86 bits per heavy atom. The van der Waals surface area contributed by atoms with Gasteiger partial charge in [0.25, 0.3) is 0 Å². The lowest BCUT2D eigenvalue weighted by Gasteiger charge is -2.36. The van der Waals surface area contributed by atoms with E-state index in [1.807, 2.05) is 0 Å². The maximum absolute atomic E-state index is 12.6. The second-order valence-electron chi connectivity index (χ2n) is 5.28. The highest BCUT2D eigenvalue weighted by Gasteiger charge is 2.36. The lowest BCUT2D eigenvalue weighted by Crippen LogP contribution is -2.55. The summed E-state index contributed by atoms with van der Waals surface area (Å²) in [5, 5.41) is -0.200. The highest BCUT2D eigenvalue weighted by atomic mass is 32.2. The molecule has 0 saturated carbocycles. The van der Waals surface area contributed by atoms with Gasteiger partial charge in [-0.3, -0.25) is 4.79 Å². The van der Waals surface area contributed by atoms with Gasteiger partial charge in [-0.15, -0.1) is 0 Å². The number of rotatable bonds is 3. The summed E-state index contributed by atoms with van der Waals surface area (Å²) < 4.78 is 49.0. The topological polar surface area (TPSA) is 105 Å². The molecule has 1 fully saturated rings. The fraction of sp³-hybridized carbons (Fsp3) is 0.500. The molecule has 1 aromatic rings. The van der Waals surface area contributed by atoms with Crippen molar-refractivity contribution in [2.45, 2.75) is 22.9 Å². The van der Waals surface area contributed by atoms with Crippen LogP contribution < -0.4 is 0 Å². The maximum atomic E-state index is 12.6. The lowest BCUT2D eigenvalue weighted by molar-refractivity contribution is -0.133. The molecular formula is C12H17N3O5S2. The van der Waals surface area contributed by atoms with Crippen molar-refractivity contribution < 1.29 is 21.6 Å². The summed E-state index contributed by atoms with van der Waals surface area (Å²) in [6.45, 7) is 1.76. The predicted molar refractivity (Wildman–Crippen MR) is 78.3 cm³/mol. The average molecular weight is 347 g/mol. The molecule has 1 aromatic heterocycles. The van der Waals surface area contributed by atoms with Crippen LogP contribution in [0.25, 0.3) is 0 Å². The van der Waals surface area contributed by atoms with Gasteiger partial charge in [-0.1, -0.05) is 0 Å².